The van der Waals surface area contributed by atoms with Crippen LogP contribution in [0.4, 0.5) is 14.5 Å². The predicted octanol–water partition coefficient (Wildman–Crippen LogP) is 2.71. The smallest absolute Gasteiger partial charge is 0.411 e. The second-order valence-corrected chi connectivity index (χ2v) is 3.78. The van der Waals surface area contributed by atoms with Crippen molar-refractivity contribution in [2.75, 3.05) is 11.9 Å². The highest BCUT2D eigenvalue weighted by Gasteiger charge is 2.24. The van der Waals surface area contributed by atoms with E-state index in [2.05, 4.69) is 4.74 Å². The van der Waals surface area contributed by atoms with Gasteiger partial charge in [0.05, 0.1) is 22.8 Å². The van der Waals surface area contributed by atoms with Gasteiger partial charge >= 0.3 is 11.7 Å². The maximum absolute atomic E-state index is 13.5. The monoisotopic (exact) mass is 306 g/mol. The Balaban J connectivity index is 3.08. The molecule has 9 heteroatoms. The summed E-state index contributed by atoms with van der Waals surface area (Å²) < 4.78 is 31.3. The summed E-state index contributed by atoms with van der Waals surface area (Å²) in [6.45, 7) is 1.38. The molecule has 1 rings (SSSR count). The van der Waals surface area contributed by atoms with Gasteiger partial charge in [0.1, 0.15) is 11.5 Å². The van der Waals surface area contributed by atoms with Gasteiger partial charge in [-0.05, 0) is 19.1 Å². The average molecular weight is 307 g/mol. The standard InChI is InChI=1S/C11H9ClF2N2O4/c1-2-20-11(17)8(16(18)19)5-15-10-7(13)4-3-6(12)9(10)14/h3-5,15H,2H2,1H3/b8-5-. The Labute approximate surface area is 117 Å². The molecule has 1 aromatic rings. The maximum Gasteiger partial charge on any atom is 0.411 e. The van der Waals surface area contributed by atoms with Crippen LogP contribution in [-0.4, -0.2) is 17.5 Å². The first-order valence-electron chi connectivity index (χ1n) is 5.30. The van der Waals surface area contributed by atoms with Crippen molar-refractivity contribution in [3.05, 3.63) is 50.8 Å². The molecule has 6 nitrogen and oxygen atoms in total. The number of hydrogen-bond donors (Lipinski definition) is 1. The Morgan fingerprint density at radius 1 is 1.55 bits per heavy atom. The van der Waals surface area contributed by atoms with Gasteiger partial charge in [0, 0.05) is 0 Å². The quantitative estimate of drug-likeness (QED) is 0.297. The molecule has 1 aromatic carbocycles. The molecule has 0 aliphatic heterocycles. The minimum atomic E-state index is -1.23. The number of nitrogens with one attached hydrogen (secondary N) is 1. The summed E-state index contributed by atoms with van der Waals surface area (Å²) >= 11 is 5.45. The summed E-state index contributed by atoms with van der Waals surface area (Å²) in [5.74, 6) is -3.38. The molecule has 0 fully saturated rings. The van der Waals surface area contributed by atoms with E-state index in [-0.39, 0.29) is 11.6 Å². The summed E-state index contributed by atoms with van der Waals surface area (Å²) in [5.41, 5.74) is -1.70. The summed E-state index contributed by atoms with van der Waals surface area (Å²) in [6, 6.07) is 1.86. The van der Waals surface area contributed by atoms with E-state index in [0.29, 0.717) is 6.20 Å². The molecule has 0 unspecified atom stereocenters. The topological polar surface area (TPSA) is 81.5 Å². The second-order valence-electron chi connectivity index (χ2n) is 3.37. The number of carbonyl (C=O) groups excluding carboxylic acids is 1. The Bertz CT molecular complexity index is 578. The number of anilines is 1. The molecule has 0 amide bonds. The molecule has 108 valence electrons. The zero-order valence-corrected chi connectivity index (χ0v) is 10.9. The van der Waals surface area contributed by atoms with Crippen molar-refractivity contribution in [2.45, 2.75) is 6.92 Å². The van der Waals surface area contributed by atoms with Gasteiger partial charge < -0.3 is 10.1 Å². The highest BCUT2D eigenvalue weighted by Crippen LogP contribution is 2.25. The molecule has 0 radical (unpaired) electrons. The first kappa shape index (κ1) is 15.8. The number of ether oxygens (including phenoxy) is 1. The Kier molecular flexibility index (Phi) is 5.39. The highest BCUT2D eigenvalue weighted by atomic mass is 35.5. The molecule has 0 bridgehead atoms. The highest BCUT2D eigenvalue weighted by molar-refractivity contribution is 6.31. The Morgan fingerprint density at radius 2 is 2.20 bits per heavy atom. The van der Waals surface area contributed by atoms with Crippen molar-refractivity contribution < 1.29 is 23.2 Å². The molecular formula is C11H9ClF2N2O4. The van der Waals surface area contributed by atoms with Gasteiger partial charge in [0.2, 0.25) is 0 Å². The average Bonchev–Trinajstić information content (AvgIpc) is 2.38. The van der Waals surface area contributed by atoms with Crippen molar-refractivity contribution in [3.8, 4) is 0 Å². The number of nitrogens with zero attached hydrogens (tertiary/aromatic N) is 1. The van der Waals surface area contributed by atoms with E-state index in [0.717, 1.165) is 12.1 Å². The van der Waals surface area contributed by atoms with E-state index in [1.165, 1.54) is 6.92 Å². The molecule has 0 saturated heterocycles. The maximum atomic E-state index is 13.5. The second kappa shape index (κ2) is 6.80. The van der Waals surface area contributed by atoms with E-state index in [1.54, 1.807) is 0 Å². The largest absolute Gasteiger partial charge is 0.458 e. The Morgan fingerprint density at radius 3 is 2.75 bits per heavy atom. The molecule has 1 N–H and O–H groups in total. The molecular weight excluding hydrogens is 298 g/mol. The van der Waals surface area contributed by atoms with Gasteiger partial charge in [0.15, 0.2) is 5.82 Å². The fraction of sp³-hybridized carbons (Fsp3) is 0.182. The molecule has 0 spiro atoms. The summed E-state index contributed by atoms with van der Waals surface area (Å²) in [4.78, 5) is 20.9. The van der Waals surface area contributed by atoms with E-state index in [4.69, 9.17) is 11.6 Å². The normalized spacial score (nSPS) is 11.1. The van der Waals surface area contributed by atoms with E-state index in [1.807, 2.05) is 5.32 Å². The van der Waals surface area contributed by atoms with Crippen LogP contribution in [0.25, 0.3) is 0 Å². The SMILES string of the molecule is CCOC(=O)/C(=C/Nc1c(F)ccc(Cl)c1F)[N+](=O)[O-]. The molecule has 20 heavy (non-hydrogen) atoms. The first-order chi connectivity index (χ1) is 9.38. The van der Waals surface area contributed by atoms with Crippen molar-refractivity contribution in [1.82, 2.24) is 0 Å². The lowest BCUT2D eigenvalue weighted by molar-refractivity contribution is -0.421. The molecule has 0 atom stereocenters. The Hall–Kier alpha value is -2.22. The lowest BCUT2D eigenvalue weighted by Gasteiger charge is -2.06. The number of rotatable bonds is 5. The molecule has 0 aromatic heterocycles. The van der Waals surface area contributed by atoms with Crippen molar-refractivity contribution in [1.29, 1.82) is 0 Å². The minimum absolute atomic E-state index is 0.0795. The summed E-state index contributed by atoms with van der Waals surface area (Å²) in [5, 5.41) is 12.3. The third-order valence-corrected chi connectivity index (χ3v) is 2.37. The van der Waals surface area contributed by atoms with Crippen molar-refractivity contribution in [2.24, 2.45) is 0 Å². The van der Waals surface area contributed by atoms with Gasteiger partial charge in [0.25, 0.3) is 0 Å². The van der Waals surface area contributed by atoms with Gasteiger partial charge in [-0.1, -0.05) is 11.6 Å². The van der Waals surface area contributed by atoms with Gasteiger partial charge in [-0.2, -0.15) is 0 Å². The lowest BCUT2D eigenvalue weighted by atomic mass is 10.3. The van der Waals surface area contributed by atoms with E-state index >= 15 is 0 Å². The molecule has 0 saturated carbocycles. The molecule has 0 heterocycles. The van der Waals surface area contributed by atoms with Crippen molar-refractivity contribution in [3.63, 3.8) is 0 Å². The first-order valence-corrected chi connectivity index (χ1v) is 5.68. The van der Waals surface area contributed by atoms with Crippen LogP contribution in [0.5, 0.6) is 0 Å². The number of esters is 1. The number of nitro groups is 1. The summed E-state index contributed by atoms with van der Waals surface area (Å²) in [6.07, 6.45) is 0.538. The lowest BCUT2D eigenvalue weighted by Crippen LogP contribution is -2.16. The number of carbonyl (C=O) groups is 1. The third-order valence-electron chi connectivity index (χ3n) is 2.08. The van der Waals surface area contributed by atoms with Crippen LogP contribution in [0, 0.1) is 21.7 Å². The van der Waals surface area contributed by atoms with Crippen LogP contribution in [0.1, 0.15) is 6.92 Å². The fourth-order valence-corrected chi connectivity index (χ4v) is 1.35. The van der Waals surface area contributed by atoms with E-state index in [9.17, 15) is 23.7 Å². The third kappa shape index (κ3) is 3.64. The van der Waals surface area contributed by atoms with Gasteiger partial charge in [-0.15, -0.1) is 0 Å². The molecule has 0 aliphatic carbocycles. The van der Waals surface area contributed by atoms with Gasteiger partial charge in [-0.25, -0.2) is 13.6 Å². The zero-order chi connectivity index (χ0) is 15.3. The van der Waals surface area contributed by atoms with Crippen LogP contribution in [0.2, 0.25) is 5.02 Å². The summed E-state index contributed by atoms with van der Waals surface area (Å²) in [7, 11) is 0. The van der Waals surface area contributed by atoms with Crippen LogP contribution in [0.15, 0.2) is 24.0 Å². The minimum Gasteiger partial charge on any atom is -0.458 e. The number of benzene rings is 1. The van der Waals surface area contributed by atoms with Crippen LogP contribution >= 0.6 is 11.6 Å². The fourth-order valence-electron chi connectivity index (χ4n) is 1.19. The van der Waals surface area contributed by atoms with Crippen LogP contribution in [-0.2, 0) is 9.53 Å². The van der Waals surface area contributed by atoms with Crippen LogP contribution in [0.3, 0.4) is 0 Å². The van der Waals surface area contributed by atoms with Crippen molar-refractivity contribution >= 4 is 23.3 Å². The van der Waals surface area contributed by atoms with Gasteiger partial charge in [-0.3, -0.25) is 10.1 Å². The van der Waals surface area contributed by atoms with Crippen LogP contribution < -0.4 is 5.32 Å². The predicted molar refractivity (Wildman–Crippen MR) is 66.7 cm³/mol. The molecule has 0 aliphatic rings. The number of halogens is 3. The van der Waals surface area contributed by atoms with E-state index < -0.39 is 33.9 Å². The number of hydrogen-bond acceptors (Lipinski definition) is 5. The zero-order valence-electron chi connectivity index (χ0n) is 10.2.